The highest BCUT2D eigenvalue weighted by Gasteiger charge is 2.38. The van der Waals surface area contributed by atoms with Crippen molar-refractivity contribution in [2.75, 3.05) is 45.2 Å². The average molecular weight is 492 g/mol. The molecule has 0 bridgehead atoms. The van der Waals surface area contributed by atoms with E-state index in [9.17, 15) is 32.9 Å². The summed E-state index contributed by atoms with van der Waals surface area (Å²) < 4.78 is 44.4. The molecule has 0 aromatic heterocycles. The van der Waals surface area contributed by atoms with Crippen LogP contribution in [0.25, 0.3) is 6.08 Å². The molecule has 1 saturated heterocycles. The van der Waals surface area contributed by atoms with Crippen LogP contribution in [0.1, 0.15) is 11.1 Å². The first-order valence-electron chi connectivity index (χ1n) is 10.6. The molecule has 35 heavy (non-hydrogen) atoms. The number of esters is 1. The van der Waals surface area contributed by atoms with Gasteiger partial charge in [0.05, 0.1) is 17.6 Å². The van der Waals surface area contributed by atoms with Crippen molar-refractivity contribution in [3.05, 3.63) is 75.3 Å². The number of methoxy groups -OCH3 is 1. The lowest BCUT2D eigenvalue weighted by atomic mass is 10.1. The van der Waals surface area contributed by atoms with Crippen molar-refractivity contribution in [2.24, 2.45) is 0 Å². The van der Waals surface area contributed by atoms with E-state index in [0.717, 1.165) is 11.6 Å². The van der Waals surface area contributed by atoms with Crippen molar-refractivity contribution in [1.82, 2.24) is 9.80 Å². The first-order chi connectivity index (χ1) is 16.6. The number of alkyl halides is 3. The maximum atomic E-state index is 13.2. The van der Waals surface area contributed by atoms with E-state index in [1.807, 2.05) is 35.2 Å². The minimum absolute atomic E-state index is 0.200. The molecule has 0 aliphatic carbocycles. The number of carbonyl (C=O) groups excluding carboxylic acids is 2. The molecular weight excluding hydrogens is 469 g/mol. The molecule has 1 N–H and O–H groups in total. The summed E-state index contributed by atoms with van der Waals surface area (Å²) >= 11 is 0. The molecule has 3 rings (SSSR count). The summed E-state index contributed by atoms with van der Waals surface area (Å²) in [6.45, 7) is 1.68. The molecule has 2 aromatic carbocycles. The van der Waals surface area contributed by atoms with E-state index in [1.165, 1.54) is 12.0 Å². The van der Waals surface area contributed by atoms with Gasteiger partial charge in [-0.05, 0) is 23.8 Å². The second kappa shape index (κ2) is 11.0. The number of nitrogens with zero attached hydrogens (tertiary/aromatic N) is 3. The maximum absolute atomic E-state index is 13.2. The summed E-state index contributed by atoms with van der Waals surface area (Å²) in [5.41, 5.74) is -1.44. The van der Waals surface area contributed by atoms with Crippen molar-refractivity contribution in [3.63, 3.8) is 0 Å². The zero-order valence-corrected chi connectivity index (χ0v) is 18.7. The fourth-order valence-corrected chi connectivity index (χ4v) is 3.60. The number of carbonyl (C=O) groups is 2. The predicted molar refractivity (Wildman–Crippen MR) is 122 cm³/mol. The Balaban J connectivity index is 1.62. The first kappa shape index (κ1) is 25.7. The average Bonchev–Trinajstić information content (AvgIpc) is 2.83. The SMILES string of the molecule is COC(=O)/C(=C/c1ccccc1)CN1CCN(C(=O)Nc2ccc([N+](=O)[O-])c(C(F)(F)F)c2)CC1. The minimum atomic E-state index is -4.95. The maximum Gasteiger partial charge on any atom is 0.423 e. The number of nitro groups is 1. The highest BCUT2D eigenvalue weighted by atomic mass is 19.4. The number of benzene rings is 2. The molecule has 2 aromatic rings. The van der Waals surface area contributed by atoms with Crippen LogP contribution in [0, 0.1) is 10.1 Å². The zero-order chi connectivity index (χ0) is 25.6. The highest BCUT2D eigenvalue weighted by molar-refractivity contribution is 5.94. The van der Waals surface area contributed by atoms with Crippen molar-refractivity contribution >= 4 is 29.5 Å². The zero-order valence-electron chi connectivity index (χ0n) is 18.7. The molecule has 0 radical (unpaired) electrons. The number of hydrogen-bond donors (Lipinski definition) is 1. The first-order valence-corrected chi connectivity index (χ1v) is 10.6. The number of urea groups is 1. The Kier molecular flexibility index (Phi) is 8.07. The van der Waals surface area contributed by atoms with Crippen molar-refractivity contribution in [1.29, 1.82) is 0 Å². The van der Waals surface area contributed by atoms with E-state index in [4.69, 9.17) is 4.74 Å². The number of hydrogen-bond acceptors (Lipinski definition) is 6. The summed E-state index contributed by atoms with van der Waals surface area (Å²) in [6, 6.07) is 11.0. The number of rotatable bonds is 6. The number of nitro benzene ring substituents is 1. The van der Waals surface area contributed by atoms with Gasteiger partial charge in [0.2, 0.25) is 0 Å². The van der Waals surface area contributed by atoms with Gasteiger partial charge in [0.15, 0.2) is 0 Å². The van der Waals surface area contributed by atoms with E-state index in [-0.39, 0.29) is 18.8 Å². The van der Waals surface area contributed by atoms with E-state index in [2.05, 4.69) is 5.32 Å². The van der Waals surface area contributed by atoms with Crippen LogP contribution in [0.5, 0.6) is 0 Å². The van der Waals surface area contributed by atoms with Gasteiger partial charge in [-0.1, -0.05) is 30.3 Å². The molecule has 2 amide bonds. The Labute approximate surface area is 198 Å². The van der Waals surface area contributed by atoms with Gasteiger partial charge < -0.3 is 15.0 Å². The molecule has 0 spiro atoms. The van der Waals surface area contributed by atoms with Crippen molar-refractivity contribution < 1.29 is 32.4 Å². The fraction of sp³-hybridized carbons (Fsp3) is 0.304. The minimum Gasteiger partial charge on any atom is -0.466 e. The monoisotopic (exact) mass is 492 g/mol. The van der Waals surface area contributed by atoms with E-state index in [1.54, 1.807) is 6.08 Å². The summed E-state index contributed by atoms with van der Waals surface area (Å²) in [4.78, 5) is 37.9. The summed E-state index contributed by atoms with van der Waals surface area (Å²) in [5, 5.41) is 13.3. The lowest BCUT2D eigenvalue weighted by Crippen LogP contribution is -2.50. The van der Waals surface area contributed by atoms with Gasteiger partial charge in [-0.25, -0.2) is 9.59 Å². The Hall–Kier alpha value is -3.93. The Bertz CT molecular complexity index is 1110. The van der Waals surface area contributed by atoms with Crippen LogP contribution in [0.2, 0.25) is 0 Å². The smallest absolute Gasteiger partial charge is 0.423 e. The number of nitrogens with one attached hydrogen (secondary N) is 1. The van der Waals surface area contributed by atoms with Gasteiger partial charge in [-0.2, -0.15) is 13.2 Å². The normalized spacial score (nSPS) is 15.0. The number of ether oxygens (including phenoxy) is 1. The third-order valence-corrected chi connectivity index (χ3v) is 5.39. The predicted octanol–water partition coefficient (Wildman–Crippen LogP) is 4.02. The third-order valence-electron chi connectivity index (χ3n) is 5.39. The van der Waals surface area contributed by atoms with E-state index < -0.39 is 34.4 Å². The van der Waals surface area contributed by atoms with Crippen LogP contribution in [0.3, 0.4) is 0 Å². The summed E-state index contributed by atoms with van der Waals surface area (Å²) in [7, 11) is 1.30. The quantitative estimate of drug-likeness (QED) is 0.283. The Morgan fingerprint density at radius 2 is 1.77 bits per heavy atom. The Morgan fingerprint density at radius 3 is 2.34 bits per heavy atom. The molecule has 0 saturated carbocycles. The van der Waals surface area contributed by atoms with Gasteiger partial charge >= 0.3 is 18.2 Å². The van der Waals surface area contributed by atoms with E-state index in [0.29, 0.717) is 37.3 Å². The molecular formula is C23H23F3N4O5. The second-order valence-electron chi connectivity index (χ2n) is 7.75. The topological polar surface area (TPSA) is 105 Å². The van der Waals surface area contributed by atoms with Gasteiger partial charge in [0.25, 0.3) is 5.69 Å². The van der Waals surface area contributed by atoms with Crippen molar-refractivity contribution in [3.8, 4) is 0 Å². The van der Waals surface area contributed by atoms with Gasteiger partial charge in [0.1, 0.15) is 5.56 Å². The molecule has 1 aliphatic heterocycles. The number of piperazine rings is 1. The number of anilines is 1. The van der Waals surface area contributed by atoms with Gasteiger partial charge in [-0.15, -0.1) is 0 Å². The van der Waals surface area contributed by atoms with Crippen LogP contribution >= 0.6 is 0 Å². The van der Waals surface area contributed by atoms with Gasteiger partial charge in [-0.3, -0.25) is 15.0 Å². The number of halogens is 3. The third kappa shape index (κ3) is 6.79. The lowest BCUT2D eigenvalue weighted by molar-refractivity contribution is -0.388. The largest absolute Gasteiger partial charge is 0.466 e. The van der Waals surface area contributed by atoms with Crippen LogP contribution in [0.4, 0.5) is 29.3 Å². The standard InChI is InChI=1S/C23H23F3N4O5/c1-35-21(31)17(13-16-5-3-2-4-6-16)15-28-9-11-29(12-10-28)22(32)27-18-7-8-20(30(33)34)19(14-18)23(24,25)26/h2-8,13-14H,9-12,15H2,1H3,(H,27,32)/b17-13+. The molecule has 1 aliphatic rings. The second-order valence-corrected chi connectivity index (χ2v) is 7.75. The summed E-state index contributed by atoms with van der Waals surface area (Å²) in [6.07, 6.45) is -3.21. The number of amides is 2. The Morgan fingerprint density at radius 1 is 1.11 bits per heavy atom. The molecule has 12 heteroatoms. The summed E-state index contributed by atoms with van der Waals surface area (Å²) in [5.74, 6) is -0.465. The molecule has 1 heterocycles. The van der Waals surface area contributed by atoms with Gasteiger partial charge in [0, 0.05) is 44.5 Å². The molecule has 9 nitrogen and oxygen atoms in total. The molecule has 0 unspecified atom stereocenters. The lowest BCUT2D eigenvalue weighted by Gasteiger charge is -2.34. The molecule has 186 valence electrons. The van der Waals surface area contributed by atoms with Crippen LogP contribution in [-0.2, 0) is 15.7 Å². The fourth-order valence-electron chi connectivity index (χ4n) is 3.60. The van der Waals surface area contributed by atoms with E-state index >= 15 is 0 Å². The van der Waals surface area contributed by atoms with Crippen molar-refractivity contribution in [2.45, 2.75) is 6.18 Å². The van der Waals surface area contributed by atoms with Crippen LogP contribution in [0.15, 0.2) is 54.1 Å². The van der Waals surface area contributed by atoms with Crippen LogP contribution in [-0.4, -0.2) is 66.6 Å². The highest BCUT2D eigenvalue weighted by Crippen LogP contribution is 2.37. The van der Waals surface area contributed by atoms with Crippen LogP contribution < -0.4 is 5.32 Å². The molecule has 0 atom stereocenters. The molecule has 1 fully saturated rings.